The van der Waals surface area contributed by atoms with E-state index in [0.29, 0.717) is 45.3 Å². The molecule has 8 rings (SSSR count). The molecule has 270 valence electrons. The van der Waals surface area contributed by atoms with E-state index >= 15 is 0 Å². The monoisotopic (exact) mass is 705 g/mol. The van der Waals surface area contributed by atoms with Crippen LogP contribution in [0.25, 0.3) is 43.1 Å². The van der Waals surface area contributed by atoms with Gasteiger partial charge in [-0.2, -0.15) is 0 Å². The molecule has 2 aliphatic heterocycles. The van der Waals surface area contributed by atoms with Crippen molar-refractivity contribution in [2.45, 2.75) is 97.3 Å². The Bertz CT molecular complexity index is 2260. The summed E-state index contributed by atoms with van der Waals surface area (Å²) in [5.74, 6) is -0.889. The van der Waals surface area contributed by atoms with Gasteiger partial charge in [0.25, 0.3) is 23.6 Å². The van der Waals surface area contributed by atoms with Gasteiger partial charge >= 0.3 is 0 Å². The van der Waals surface area contributed by atoms with Crippen LogP contribution in [0.15, 0.2) is 73.1 Å². The number of carbonyl (C=O) groups excluding carboxylic acids is 4. The lowest BCUT2D eigenvalue weighted by molar-refractivity contribution is 0.0576. The first-order valence-electron chi connectivity index (χ1n) is 19.8. The van der Waals surface area contributed by atoms with Crippen LogP contribution in [0.4, 0.5) is 5.69 Å². The van der Waals surface area contributed by atoms with E-state index in [0.717, 1.165) is 58.0 Å². The summed E-state index contributed by atoms with van der Waals surface area (Å²) in [5, 5.41) is 6.64. The molecule has 0 saturated heterocycles. The van der Waals surface area contributed by atoms with E-state index in [4.69, 9.17) is 0 Å². The van der Waals surface area contributed by atoms with E-state index in [-0.39, 0.29) is 29.5 Å². The molecule has 0 radical (unpaired) electrons. The van der Waals surface area contributed by atoms with Gasteiger partial charge in [-0.25, -0.2) is 4.90 Å². The minimum Gasteiger partial charge on any atom is -0.274 e. The van der Waals surface area contributed by atoms with Crippen molar-refractivity contribution in [2.75, 3.05) is 11.4 Å². The van der Waals surface area contributed by atoms with Crippen LogP contribution in [-0.4, -0.2) is 40.1 Å². The topological polar surface area (TPSA) is 87.7 Å². The van der Waals surface area contributed by atoms with Gasteiger partial charge in [-0.3, -0.25) is 29.1 Å². The van der Waals surface area contributed by atoms with Gasteiger partial charge in [0.05, 0.1) is 5.69 Å². The molecule has 7 nitrogen and oxygen atoms in total. The number of rotatable bonds is 16. The molecule has 0 bridgehead atoms. The van der Waals surface area contributed by atoms with E-state index in [1.807, 2.05) is 36.4 Å². The number of benzene rings is 5. The third-order valence-corrected chi connectivity index (χ3v) is 11.8. The van der Waals surface area contributed by atoms with Gasteiger partial charge in [-0.1, -0.05) is 109 Å². The van der Waals surface area contributed by atoms with Crippen LogP contribution in [0.5, 0.6) is 0 Å². The molecule has 0 saturated carbocycles. The molecule has 5 aromatic carbocycles. The zero-order valence-electron chi connectivity index (χ0n) is 30.9. The SMILES string of the molecule is CCCCCCCCC(CCCCCCC)CN1C(=O)c2ccc3c4ccc5c6c(ccc(c7ccc(c2c37)C1=O)c64)C(=O)N(c1ccncc1)C5=O. The maximum absolute atomic E-state index is 14.4. The second-order valence-electron chi connectivity index (χ2n) is 15.1. The van der Waals surface area contributed by atoms with Crippen molar-refractivity contribution in [3.8, 4) is 0 Å². The number of aromatic nitrogens is 1. The maximum atomic E-state index is 14.4. The normalized spacial score (nSPS) is 14.9. The third kappa shape index (κ3) is 5.94. The van der Waals surface area contributed by atoms with Gasteiger partial charge in [0.15, 0.2) is 0 Å². The highest BCUT2D eigenvalue weighted by Crippen LogP contribution is 2.46. The van der Waals surface area contributed by atoms with Crippen LogP contribution >= 0.6 is 0 Å². The summed E-state index contributed by atoms with van der Waals surface area (Å²) in [7, 11) is 0. The molecule has 53 heavy (non-hydrogen) atoms. The number of anilines is 1. The van der Waals surface area contributed by atoms with Gasteiger partial charge < -0.3 is 0 Å². The van der Waals surface area contributed by atoms with Crippen LogP contribution in [-0.2, 0) is 0 Å². The second kappa shape index (κ2) is 14.7. The van der Waals surface area contributed by atoms with Gasteiger partial charge in [0, 0.05) is 52.0 Å². The van der Waals surface area contributed by atoms with Crippen molar-refractivity contribution < 1.29 is 19.2 Å². The Hall–Kier alpha value is -5.17. The molecule has 1 aromatic heterocycles. The van der Waals surface area contributed by atoms with E-state index in [1.54, 1.807) is 36.7 Å². The molecular weight excluding hydrogens is 659 g/mol. The summed E-state index contributed by atoms with van der Waals surface area (Å²) in [6, 6.07) is 18.6. The van der Waals surface area contributed by atoms with Crippen molar-refractivity contribution in [1.82, 2.24) is 9.88 Å². The lowest BCUT2D eigenvalue weighted by atomic mass is 9.82. The highest BCUT2D eigenvalue weighted by Gasteiger charge is 2.38. The van der Waals surface area contributed by atoms with Crippen LogP contribution in [0.1, 0.15) is 139 Å². The van der Waals surface area contributed by atoms with Crippen molar-refractivity contribution in [1.29, 1.82) is 0 Å². The molecule has 3 heterocycles. The largest absolute Gasteiger partial charge is 0.274 e. The number of fused-ring (bicyclic) bond motifs is 2. The van der Waals surface area contributed by atoms with Crippen LogP contribution < -0.4 is 4.90 Å². The van der Waals surface area contributed by atoms with Crippen LogP contribution in [0, 0.1) is 5.92 Å². The number of imide groups is 2. The zero-order chi connectivity index (χ0) is 36.6. The Kier molecular flexibility index (Phi) is 9.67. The average Bonchev–Trinajstić information content (AvgIpc) is 3.18. The van der Waals surface area contributed by atoms with Gasteiger partial charge in [0.2, 0.25) is 0 Å². The number of pyridine rings is 1. The summed E-state index contributed by atoms with van der Waals surface area (Å²) in [6.07, 6.45) is 18.6. The van der Waals surface area contributed by atoms with Crippen LogP contribution in [0.2, 0.25) is 0 Å². The number of hydrogen-bond acceptors (Lipinski definition) is 5. The Balaban J connectivity index is 1.16. The van der Waals surface area contributed by atoms with Crippen molar-refractivity contribution in [3.63, 3.8) is 0 Å². The highest BCUT2D eigenvalue weighted by molar-refractivity contribution is 6.43. The van der Waals surface area contributed by atoms with Gasteiger partial charge in [-0.15, -0.1) is 0 Å². The molecule has 0 N–H and O–H groups in total. The van der Waals surface area contributed by atoms with Gasteiger partial charge in [-0.05, 0) is 87.5 Å². The van der Waals surface area contributed by atoms with E-state index in [2.05, 4.69) is 18.8 Å². The summed E-state index contributed by atoms with van der Waals surface area (Å²) < 4.78 is 0. The molecule has 1 atom stereocenters. The average molecular weight is 706 g/mol. The highest BCUT2D eigenvalue weighted by atomic mass is 16.2. The Morgan fingerprint density at radius 1 is 0.472 bits per heavy atom. The quantitative estimate of drug-likeness (QED) is 0.0433. The lowest BCUT2D eigenvalue weighted by Gasteiger charge is -2.32. The lowest BCUT2D eigenvalue weighted by Crippen LogP contribution is -2.43. The number of hydrogen-bond donors (Lipinski definition) is 0. The fourth-order valence-corrected chi connectivity index (χ4v) is 9.05. The standard InChI is InChI=1S/C46H47N3O4/c1-3-5-7-9-11-13-15-29(14-12-10-8-6-4-2)28-48-43(50)35-20-16-31-33-18-22-37-42-38(46(53)49(45(37)52)30-24-26-47-27-25-30)23-19-34(40(33)42)32-17-21-36(44(48)51)41(35)39(31)32/h16-27,29H,3-15,28H2,1-2H3. The van der Waals surface area contributed by atoms with E-state index in [9.17, 15) is 19.2 Å². The summed E-state index contributed by atoms with van der Waals surface area (Å²) in [6.45, 7) is 4.92. The summed E-state index contributed by atoms with van der Waals surface area (Å²) >= 11 is 0. The first-order chi connectivity index (χ1) is 25.9. The minimum atomic E-state index is -0.375. The predicted molar refractivity (Wildman–Crippen MR) is 213 cm³/mol. The molecule has 4 amide bonds. The third-order valence-electron chi connectivity index (χ3n) is 11.8. The number of unbranched alkanes of at least 4 members (excludes halogenated alkanes) is 9. The van der Waals surface area contributed by atoms with Crippen LogP contribution in [0.3, 0.4) is 0 Å². The van der Waals surface area contributed by atoms with Gasteiger partial charge in [0.1, 0.15) is 0 Å². The Labute approximate surface area is 310 Å². The first kappa shape index (κ1) is 34.9. The summed E-state index contributed by atoms with van der Waals surface area (Å²) in [4.78, 5) is 63.3. The molecule has 6 aromatic rings. The molecule has 1 unspecified atom stereocenters. The first-order valence-corrected chi connectivity index (χ1v) is 19.8. The Morgan fingerprint density at radius 3 is 1.30 bits per heavy atom. The molecule has 0 fully saturated rings. The number of amides is 4. The fourth-order valence-electron chi connectivity index (χ4n) is 9.05. The second-order valence-corrected chi connectivity index (χ2v) is 15.1. The maximum Gasteiger partial charge on any atom is 0.265 e. The smallest absolute Gasteiger partial charge is 0.265 e. The Morgan fingerprint density at radius 2 is 0.868 bits per heavy atom. The number of carbonyl (C=O) groups is 4. The molecular formula is C46H47N3O4. The van der Waals surface area contributed by atoms with Crippen molar-refractivity contribution in [2.24, 2.45) is 5.92 Å². The molecule has 0 aliphatic carbocycles. The van der Waals surface area contributed by atoms with Crippen molar-refractivity contribution in [3.05, 3.63) is 95.3 Å². The van der Waals surface area contributed by atoms with Crippen molar-refractivity contribution >= 4 is 72.4 Å². The predicted octanol–water partition coefficient (Wildman–Crippen LogP) is 11.3. The van der Waals surface area contributed by atoms with E-state index < -0.39 is 0 Å². The fraction of sp³-hybridized carbons (Fsp3) is 0.370. The molecule has 7 heteroatoms. The number of nitrogens with zero attached hydrogens (tertiary/aromatic N) is 3. The summed E-state index contributed by atoms with van der Waals surface area (Å²) in [5.41, 5.74) is 2.53. The van der Waals surface area contributed by atoms with E-state index in [1.165, 1.54) is 67.6 Å². The molecule has 0 spiro atoms. The zero-order valence-corrected chi connectivity index (χ0v) is 30.9. The minimum absolute atomic E-state index is 0.214. The molecule has 2 aliphatic rings.